The summed E-state index contributed by atoms with van der Waals surface area (Å²) in [5, 5.41) is 7.54. The number of thiazole rings is 1. The average Bonchev–Trinajstić information content (AvgIpc) is 3.23. The van der Waals surface area contributed by atoms with Crippen LogP contribution in [0.2, 0.25) is 0 Å². The van der Waals surface area contributed by atoms with Crippen molar-refractivity contribution in [3.8, 4) is 0 Å². The summed E-state index contributed by atoms with van der Waals surface area (Å²) in [6.45, 7) is 8.73. The molecule has 0 aliphatic carbocycles. The largest absolute Gasteiger partial charge is 0.338 e. The maximum atomic E-state index is 12.7. The van der Waals surface area contributed by atoms with E-state index in [1.807, 2.05) is 18.0 Å². The van der Waals surface area contributed by atoms with Gasteiger partial charge in [0.15, 0.2) is 0 Å². The second-order valence-corrected chi connectivity index (χ2v) is 7.33. The SMILES string of the molecule is CCn1cc(C(=O)N2CCC[C@@H](c3nc(C(C)C)cs3)C2)cn1. The fraction of sp³-hybridized carbons (Fsp3) is 0.588. The highest BCUT2D eigenvalue weighted by atomic mass is 32.1. The van der Waals surface area contributed by atoms with Gasteiger partial charge < -0.3 is 4.90 Å². The summed E-state index contributed by atoms with van der Waals surface area (Å²) in [4.78, 5) is 19.4. The number of carbonyl (C=O) groups excluding carboxylic acids is 1. The third-order valence-corrected chi connectivity index (χ3v) is 5.42. The van der Waals surface area contributed by atoms with E-state index >= 15 is 0 Å². The number of carbonyl (C=O) groups is 1. The lowest BCUT2D eigenvalue weighted by Crippen LogP contribution is -2.39. The van der Waals surface area contributed by atoms with Gasteiger partial charge in [-0.05, 0) is 25.7 Å². The summed E-state index contributed by atoms with van der Waals surface area (Å²) in [5.41, 5.74) is 1.85. The molecule has 1 amide bonds. The molecule has 6 heteroatoms. The number of piperidine rings is 1. The van der Waals surface area contributed by atoms with Crippen LogP contribution in [-0.4, -0.2) is 38.7 Å². The van der Waals surface area contributed by atoms with Crippen molar-refractivity contribution in [1.82, 2.24) is 19.7 Å². The van der Waals surface area contributed by atoms with Crippen LogP contribution in [0.4, 0.5) is 0 Å². The number of hydrogen-bond acceptors (Lipinski definition) is 4. The van der Waals surface area contributed by atoms with Crippen LogP contribution in [0, 0.1) is 0 Å². The summed E-state index contributed by atoms with van der Waals surface area (Å²) in [6, 6.07) is 0. The number of likely N-dealkylation sites (tertiary alicyclic amines) is 1. The van der Waals surface area contributed by atoms with E-state index < -0.39 is 0 Å². The fourth-order valence-electron chi connectivity index (χ4n) is 2.95. The van der Waals surface area contributed by atoms with Crippen molar-refractivity contribution < 1.29 is 4.79 Å². The molecule has 0 radical (unpaired) electrons. The Morgan fingerprint density at radius 3 is 2.96 bits per heavy atom. The van der Waals surface area contributed by atoms with Gasteiger partial charge in [-0.1, -0.05) is 13.8 Å². The highest BCUT2D eigenvalue weighted by Crippen LogP contribution is 2.31. The molecule has 3 rings (SSSR count). The van der Waals surface area contributed by atoms with Crippen molar-refractivity contribution in [2.75, 3.05) is 13.1 Å². The Morgan fingerprint density at radius 1 is 1.48 bits per heavy atom. The van der Waals surface area contributed by atoms with E-state index in [4.69, 9.17) is 4.98 Å². The summed E-state index contributed by atoms with van der Waals surface area (Å²) >= 11 is 1.74. The zero-order chi connectivity index (χ0) is 16.4. The summed E-state index contributed by atoms with van der Waals surface area (Å²) in [6.07, 6.45) is 5.67. The third kappa shape index (κ3) is 3.47. The average molecular weight is 332 g/mol. The van der Waals surface area contributed by atoms with Gasteiger partial charge in [0.05, 0.1) is 22.5 Å². The van der Waals surface area contributed by atoms with Crippen LogP contribution in [0.25, 0.3) is 0 Å². The van der Waals surface area contributed by atoms with Crippen molar-refractivity contribution >= 4 is 17.2 Å². The van der Waals surface area contributed by atoms with Gasteiger partial charge in [0.2, 0.25) is 0 Å². The molecule has 0 N–H and O–H groups in total. The van der Waals surface area contributed by atoms with Gasteiger partial charge in [-0.25, -0.2) is 4.98 Å². The number of nitrogens with zero attached hydrogens (tertiary/aromatic N) is 4. The van der Waals surface area contributed by atoms with Gasteiger partial charge >= 0.3 is 0 Å². The Bertz CT molecular complexity index is 676. The van der Waals surface area contributed by atoms with Crippen LogP contribution >= 0.6 is 11.3 Å². The Hall–Kier alpha value is -1.69. The van der Waals surface area contributed by atoms with Gasteiger partial charge in [0.25, 0.3) is 5.91 Å². The van der Waals surface area contributed by atoms with E-state index in [0.717, 1.165) is 38.2 Å². The van der Waals surface area contributed by atoms with Crippen LogP contribution < -0.4 is 0 Å². The van der Waals surface area contributed by atoms with E-state index in [9.17, 15) is 4.79 Å². The Balaban J connectivity index is 1.71. The lowest BCUT2D eigenvalue weighted by molar-refractivity contribution is 0.0707. The molecule has 5 nitrogen and oxygen atoms in total. The maximum absolute atomic E-state index is 12.7. The van der Waals surface area contributed by atoms with Gasteiger partial charge in [-0.15, -0.1) is 11.3 Å². The van der Waals surface area contributed by atoms with E-state index in [1.54, 1.807) is 22.2 Å². The first-order valence-electron chi connectivity index (χ1n) is 8.35. The van der Waals surface area contributed by atoms with E-state index in [1.165, 1.54) is 5.01 Å². The highest BCUT2D eigenvalue weighted by molar-refractivity contribution is 7.09. The van der Waals surface area contributed by atoms with Crippen LogP contribution in [-0.2, 0) is 6.54 Å². The summed E-state index contributed by atoms with van der Waals surface area (Å²) < 4.78 is 1.80. The lowest BCUT2D eigenvalue weighted by atomic mass is 9.98. The zero-order valence-electron chi connectivity index (χ0n) is 14.0. The zero-order valence-corrected chi connectivity index (χ0v) is 14.8. The van der Waals surface area contributed by atoms with Crippen LogP contribution in [0.3, 0.4) is 0 Å². The first kappa shape index (κ1) is 16.2. The van der Waals surface area contributed by atoms with E-state index in [0.29, 0.717) is 17.4 Å². The minimum Gasteiger partial charge on any atom is -0.338 e. The first-order valence-corrected chi connectivity index (χ1v) is 9.23. The van der Waals surface area contributed by atoms with Gasteiger partial charge in [-0.2, -0.15) is 5.10 Å². The van der Waals surface area contributed by atoms with Crippen LogP contribution in [0.1, 0.15) is 66.5 Å². The number of hydrogen-bond donors (Lipinski definition) is 0. The first-order chi connectivity index (χ1) is 11.1. The van der Waals surface area contributed by atoms with E-state index in [-0.39, 0.29) is 5.91 Å². The van der Waals surface area contributed by atoms with Crippen molar-refractivity contribution in [2.45, 2.75) is 52.0 Å². The minimum absolute atomic E-state index is 0.0926. The van der Waals surface area contributed by atoms with Gasteiger partial charge in [0.1, 0.15) is 0 Å². The second-order valence-electron chi connectivity index (χ2n) is 6.44. The van der Waals surface area contributed by atoms with Crippen LogP contribution in [0.15, 0.2) is 17.8 Å². The molecule has 0 unspecified atom stereocenters. The Kier molecular flexibility index (Phi) is 4.80. The monoisotopic (exact) mass is 332 g/mol. The number of amides is 1. The predicted molar refractivity (Wildman–Crippen MR) is 92.0 cm³/mol. The minimum atomic E-state index is 0.0926. The number of aryl methyl sites for hydroxylation is 1. The molecule has 3 heterocycles. The maximum Gasteiger partial charge on any atom is 0.257 e. The molecule has 1 fully saturated rings. The number of rotatable bonds is 4. The number of aromatic nitrogens is 3. The van der Waals surface area contributed by atoms with Crippen molar-refractivity contribution in [3.05, 3.63) is 34.0 Å². The molecule has 1 aliphatic heterocycles. The summed E-state index contributed by atoms with van der Waals surface area (Å²) in [7, 11) is 0. The molecule has 1 atom stereocenters. The van der Waals surface area contributed by atoms with Crippen LogP contribution in [0.5, 0.6) is 0 Å². The van der Waals surface area contributed by atoms with E-state index in [2.05, 4.69) is 24.3 Å². The predicted octanol–water partition coefficient (Wildman–Crippen LogP) is 3.50. The molecular formula is C17H24N4OS. The van der Waals surface area contributed by atoms with Gasteiger partial charge in [-0.3, -0.25) is 9.48 Å². The normalized spacial score (nSPS) is 18.6. The topological polar surface area (TPSA) is 51.0 Å². The molecule has 0 bridgehead atoms. The molecule has 2 aromatic rings. The Labute approximate surface area is 141 Å². The third-order valence-electron chi connectivity index (χ3n) is 4.39. The summed E-state index contributed by atoms with van der Waals surface area (Å²) in [5.74, 6) is 0.919. The highest BCUT2D eigenvalue weighted by Gasteiger charge is 2.28. The molecular weight excluding hydrogens is 308 g/mol. The van der Waals surface area contributed by atoms with Crippen molar-refractivity contribution in [2.24, 2.45) is 0 Å². The molecule has 0 spiro atoms. The standard InChI is InChI=1S/C17H24N4OS/c1-4-21-10-14(8-18-21)17(22)20-7-5-6-13(9-20)16-19-15(11-23-16)12(2)3/h8,10-13H,4-7,9H2,1-3H3/t13-/m1/s1. The smallest absolute Gasteiger partial charge is 0.257 e. The molecule has 1 saturated heterocycles. The molecule has 0 aromatic carbocycles. The molecule has 1 aliphatic rings. The van der Waals surface area contributed by atoms with Gasteiger partial charge in [0, 0.05) is 37.1 Å². The molecule has 23 heavy (non-hydrogen) atoms. The lowest BCUT2D eigenvalue weighted by Gasteiger charge is -2.31. The molecule has 0 saturated carbocycles. The van der Waals surface area contributed by atoms with Crippen molar-refractivity contribution in [1.29, 1.82) is 0 Å². The second kappa shape index (κ2) is 6.83. The quantitative estimate of drug-likeness (QED) is 0.861. The van der Waals surface area contributed by atoms with Crippen molar-refractivity contribution in [3.63, 3.8) is 0 Å². The Morgan fingerprint density at radius 2 is 2.30 bits per heavy atom. The fourth-order valence-corrected chi connectivity index (χ4v) is 4.06. The molecule has 2 aromatic heterocycles. The molecule has 124 valence electrons.